The quantitative estimate of drug-likeness (QED) is 0.542. The summed E-state index contributed by atoms with van der Waals surface area (Å²) in [6, 6.07) is 6.94. The Bertz CT molecular complexity index is 661. The van der Waals surface area contributed by atoms with E-state index in [4.69, 9.17) is 5.73 Å². The second-order valence-corrected chi connectivity index (χ2v) is 6.91. The number of hydrogen-bond acceptors (Lipinski definition) is 5. The minimum absolute atomic E-state index is 0.0200. The van der Waals surface area contributed by atoms with Gasteiger partial charge in [0.2, 0.25) is 0 Å². The second-order valence-electron chi connectivity index (χ2n) is 4.79. The van der Waals surface area contributed by atoms with Gasteiger partial charge in [-0.2, -0.15) is 0 Å². The van der Waals surface area contributed by atoms with Crippen LogP contribution in [0.2, 0.25) is 0 Å². The average Bonchev–Trinajstić information content (AvgIpc) is 2.98. The van der Waals surface area contributed by atoms with E-state index in [2.05, 4.69) is 15.5 Å². The molecule has 6 heteroatoms. The fraction of sp³-hybridized carbons (Fsp3) is 0.250. The number of nitrogens with one attached hydrogen (secondary N) is 1. The van der Waals surface area contributed by atoms with Gasteiger partial charge in [0.1, 0.15) is 0 Å². The monoisotopic (exact) mass is 364 g/mol. The van der Waals surface area contributed by atoms with Crippen LogP contribution in [0.5, 0.6) is 5.75 Å². The molecule has 0 spiro atoms. The number of allylic oxidation sites excluding steroid dienone is 3. The van der Waals surface area contributed by atoms with Crippen LogP contribution >= 0.6 is 0 Å². The summed E-state index contributed by atoms with van der Waals surface area (Å²) in [6.07, 6.45) is 6.65. The molecule has 0 aliphatic carbocycles. The van der Waals surface area contributed by atoms with Gasteiger partial charge in [0.15, 0.2) is 0 Å². The zero-order chi connectivity index (χ0) is 15.9. The van der Waals surface area contributed by atoms with Crippen LogP contribution in [0.1, 0.15) is 30.0 Å². The number of anilines is 1. The fourth-order valence-corrected chi connectivity index (χ4v) is 3.53. The molecular weight excluding hydrogens is 343 g/mol. The molecule has 116 valence electrons. The van der Waals surface area contributed by atoms with Gasteiger partial charge in [-0.25, -0.2) is 0 Å². The number of hydrogen-bond donors (Lipinski definition) is 3. The maximum atomic E-state index is 9.30. The number of nitrogens with two attached hydrogens (primary N) is 1. The topological polar surface area (TPSA) is 84.1 Å². The Balaban J connectivity index is 2.02. The van der Waals surface area contributed by atoms with Gasteiger partial charge in [-0.3, -0.25) is 0 Å². The van der Waals surface area contributed by atoms with Crippen molar-refractivity contribution in [1.29, 1.82) is 0 Å². The molecule has 2 rings (SSSR count). The first-order chi connectivity index (χ1) is 10.6. The van der Waals surface area contributed by atoms with Gasteiger partial charge < -0.3 is 0 Å². The molecular formula is C16H20N4OSe. The van der Waals surface area contributed by atoms with Crippen LogP contribution < -0.4 is 11.1 Å². The Morgan fingerprint density at radius 3 is 2.68 bits per heavy atom. The number of aromatic nitrogens is 2. The molecule has 1 aromatic heterocycles. The number of phenols is 1. The molecule has 0 fully saturated rings. The van der Waals surface area contributed by atoms with Gasteiger partial charge in [0.25, 0.3) is 0 Å². The molecule has 5 nitrogen and oxygen atoms in total. The fourth-order valence-electron chi connectivity index (χ4n) is 1.92. The van der Waals surface area contributed by atoms with Crippen LogP contribution in [-0.4, -0.2) is 29.8 Å². The van der Waals surface area contributed by atoms with Crippen LogP contribution in [0.3, 0.4) is 0 Å². The standard InChI is InChI=1S/C16H20N4OSe/c1-3-5-12(4-2)18-16-20-19-15(22-16)14(17)10-11-6-8-13(21)9-7-11/h3-9,14,21H,10,17H2,1-2H3,(H,18,20)/b5-3-,12-4+. The Morgan fingerprint density at radius 1 is 1.32 bits per heavy atom. The summed E-state index contributed by atoms with van der Waals surface area (Å²) >= 11 is 0.0200. The van der Waals surface area contributed by atoms with E-state index in [1.165, 1.54) is 0 Å². The molecule has 4 N–H and O–H groups in total. The van der Waals surface area contributed by atoms with Gasteiger partial charge in [-0.1, -0.05) is 0 Å². The van der Waals surface area contributed by atoms with Crippen molar-refractivity contribution >= 4 is 19.2 Å². The first kappa shape index (κ1) is 16.5. The molecule has 1 atom stereocenters. The molecule has 1 heterocycles. The van der Waals surface area contributed by atoms with Gasteiger partial charge in [-0.15, -0.1) is 0 Å². The van der Waals surface area contributed by atoms with E-state index >= 15 is 0 Å². The number of benzene rings is 1. The van der Waals surface area contributed by atoms with E-state index in [0.717, 1.165) is 20.5 Å². The average molecular weight is 363 g/mol. The van der Waals surface area contributed by atoms with Gasteiger partial charge in [0, 0.05) is 0 Å². The predicted octanol–water partition coefficient (Wildman–Crippen LogP) is 2.37. The van der Waals surface area contributed by atoms with E-state index in [0.29, 0.717) is 6.42 Å². The van der Waals surface area contributed by atoms with E-state index in [1.54, 1.807) is 12.1 Å². The summed E-state index contributed by atoms with van der Waals surface area (Å²) in [5.74, 6) is 0.262. The van der Waals surface area contributed by atoms with Crippen LogP contribution in [0.25, 0.3) is 0 Å². The van der Waals surface area contributed by atoms with E-state index in [-0.39, 0.29) is 26.3 Å². The molecule has 2 aromatic rings. The molecule has 0 amide bonds. The summed E-state index contributed by atoms with van der Waals surface area (Å²) in [5.41, 5.74) is 8.31. The zero-order valence-corrected chi connectivity index (χ0v) is 14.4. The molecule has 0 aliphatic heterocycles. The van der Waals surface area contributed by atoms with Crippen LogP contribution in [0.4, 0.5) is 4.69 Å². The molecule has 0 saturated carbocycles. The minimum atomic E-state index is -0.150. The van der Waals surface area contributed by atoms with Crippen molar-refractivity contribution in [1.82, 2.24) is 10.2 Å². The number of aromatic hydroxyl groups is 1. The summed E-state index contributed by atoms with van der Waals surface area (Å²) in [4.78, 5) is 0. The van der Waals surface area contributed by atoms with Gasteiger partial charge in [-0.05, 0) is 0 Å². The Hall–Kier alpha value is -1.88. The van der Waals surface area contributed by atoms with Crippen molar-refractivity contribution in [2.24, 2.45) is 5.73 Å². The summed E-state index contributed by atoms with van der Waals surface area (Å²) in [5, 5.41) is 21.0. The van der Waals surface area contributed by atoms with Crippen molar-refractivity contribution in [3.05, 3.63) is 58.3 Å². The first-order valence-electron chi connectivity index (χ1n) is 7.05. The second kappa shape index (κ2) is 7.94. The zero-order valence-electron chi connectivity index (χ0n) is 12.7. The third-order valence-electron chi connectivity index (χ3n) is 3.06. The molecule has 0 saturated heterocycles. The SMILES string of the molecule is C/C=C\C(=C/C)Nc1nnc(C(N)Cc2ccc(O)cc2)[se]1. The predicted molar refractivity (Wildman–Crippen MR) is 89.9 cm³/mol. The summed E-state index contributed by atoms with van der Waals surface area (Å²) in [7, 11) is 0. The number of phenolic OH excluding ortho intramolecular Hbond substituents is 1. The summed E-state index contributed by atoms with van der Waals surface area (Å²) < 4.78 is 1.80. The Labute approximate surface area is 136 Å². The van der Waals surface area contributed by atoms with Gasteiger partial charge >= 0.3 is 136 Å². The van der Waals surface area contributed by atoms with E-state index in [9.17, 15) is 5.11 Å². The molecule has 1 unspecified atom stereocenters. The van der Waals surface area contributed by atoms with Crippen LogP contribution in [0, 0.1) is 0 Å². The van der Waals surface area contributed by atoms with Crippen molar-refractivity contribution < 1.29 is 5.11 Å². The van der Waals surface area contributed by atoms with Crippen molar-refractivity contribution in [2.75, 3.05) is 5.32 Å². The number of nitrogens with zero attached hydrogens (tertiary/aromatic N) is 2. The molecule has 22 heavy (non-hydrogen) atoms. The van der Waals surface area contributed by atoms with E-state index in [1.807, 2.05) is 44.2 Å². The van der Waals surface area contributed by atoms with Crippen molar-refractivity contribution in [2.45, 2.75) is 26.3 Å². The van der Waals surface area contributed by atoms with Crippen LogP contribution in [-0.2, 0) is 6.42 Å². The van der Waals surface area contributed by atoms with Crippen molar-refractivity contribution in [3.8, 4) is 5.75 Å². The third-order valence-corrected chi connectivity index (χ3v) is 5.09. The van der Waals surface area contributed by atoms with Gasteiger partial charge in [0.05, 0.1) is 0 Å². The maximum absolute atomic E-state index is 9.30. The Kier molecular flexibility index (Phi) is 5.95. The molecule has 1 aromatic carbocycles. The number of rotatable bonds is 6. The van der Waals surface area contributed by atoms with Crippen molar-refractivity contribution in [3.63, 3.8) is 0 Å². The first-order valence-corrected chi connectivity index (χ1v) is 8.76. The third kappa shape index (κ3) is 4.56. The molecule has 0 bridgehead atoms. The Morgan fingerprint density at radius 2 is 2.05 bits per heavy atom. The molecule has 0 aliphatic rings. The summed E-state index contributed by atoms with van der Waals surface area (Å²) in [6.45, 7) is 3.95. The van der Waals surface area contributed by atoms with E-state index < -0.39 is 0 Å². The molecule has 0 radical (unpaired) electrons. The normalized spacial score (nSPS) is 13.5. The van der Waals surface area contributed by atoms with Crippen LogP contribution in [0.15, 0.2) is 48.2 Å².